The SMILES string of the molecule is CNc1cc(Nc2cccc3c2OCCC3)nc2c(C(=O)N[C@@H]3CCN(C)C3=O)cnn12. The minimum atomic E-state index is -0.527. The van der Waals surface area contributed by atoms with Gasteiger partial charge in [0.2, 0.25) is 5.91 Å². The second kappa shape index (κ2) is 8.03. The fraction of sp³-hybridized carbons (Fsp3) is 0.364. The van der Waals surface area contributed by atoms with Crippen molar-refractivity contribution in [3.63, 3.8) is 0 Å². The summed E-state index contributed by atoms with van der Waals surface area (Å²) in [7, 11) is 3.51. The number of ether oxygens (including phenoxy) is 1. The number of fused-ring (bicyclic) bond motifs is 2. The van der Waals surface area contributed by atoms with Crippen LogP contribution in [0.1, 0.15) is 28.8 Å². The van der Waals surface area contributed by atoms with E-state index in [1.54, 1.807) is 23.5 Å². The van der Waals surface area contributed by atoms with E-state index in [1.807, 2.05) is 18.2 Å². The van der Waals surface area contributed by atoms with E-state index in [-0.39, 0.29) is 11.8 Å². The fourth-order valence-corrected chi connectivity index (χ4v) is 4.18. The molecule has 0 radical (unpaired) electrons. The number of nitrogens with one attached hydrogen (secondary N) is 3. The van der Waals surface area contributed by atoms with Crippen LogP contribution in [0.2, 0.25) is 0 Å². The van der Waals surface area contributed by atoms with Crippen LogP contribution in [0.15, 0.2) is 30.5 Å². The van der Waals surface area contributed by atoms with E-state index in [9.17, 15) is 9.59 Å². The zero-order chi connectivity index (χ0) is 22.2. The Bertz CT molecular complexity index is 1210. The number of carbonyl (C=O) groups excluding carboxylic acids is 2. The van der Waals surface area contributed by atoms with Gasteiger partial charge in [-0.3, -0.25) is 9.59 Å². The summed E-state index contributed by atoms with van der Waals surface area (Å²) in [5.74, 6) is 1.59. The van der Waals surface area contributed by atoms with Crippen LogP contribution in [0.4, 0.5) is 17.3 Å². The van der Waals surface area contributed by atoms with Crippen molar-refractivity contribution in [2.75, 3.05) is 37.9 Å². The first-order valence-corrected chi connectivity index (χ1v) is 10.7. The van der Waals surface area contributed by atoms with Gasteiger partial charge in [0.1, 0.15) is 29.0 Å². The summed E-state index contributed by atoms with van der Waals surface area (Å²) in [6.45, 7) is 1.31. The second-order valence-electron chi connectivity index (χ2n) is 8.02. The van der Waals surface area contributed by atoms with E-state index in [2.05, 4.69) is 32.1 Å². The van der Waals surface area contributed by atoms with Crippen LogP contribution in [0, 0.1) is 0 Å². The van der Waals surface area contributed by atoms with Gasteiger partial charge in [0.15, 0.2) is 5.65 Å². The smallest absolute Gasteiger partial charge is 0.257 e. The van der Waals surface area contributed by atoms with Gasteiger partial charge in [-0.05, 0) is 30.9 Å². The van der Waals surface area contributed by atoms with Gasteiger partial charge in [0, 0.05) is 26.7 Å². The Kier molecular flexibility index (Phi) is 5.04. The third-order valence-electron chi connectivity index (χ3n) is 5.90. The van der Waals surface area contributed by atoms with Crippen molar-refractivity contribution < 1.29 is 14.3 Å². The molecule has 3 aromatic rings. The number of aryl methyl sites for hydroxylation is 1. The quantitative estimate of drug-likeness (QED) is 0.560. The summed E-state index contributed by atoms with van der Waals surface area (Å²) in [5, 5.41) is 13.6. The Balaban J connectivity index is 1.48. The molecule has 3 N–H and O–H groups in total. The molecule has 0 bridgehead atoms. The Hall–Kier alpha value is -3.82. The van der Waals surface area contributed by atoms with Gasteiger partial charge >= 0.3 is 0 Å². The van der Waals surface area contributed by atoms with E-state index in [1.165, 1.54) is 6.20 Å². The number of para-hydroxylation sites is 1. The molecule has 10 nitrogen and oxygen atoms in total. The molecule has 2 aliphatic rings. The van der Waals surface area contributed by atoms with E-state index < -0.39 is 6.04 Å². The fourth-order valence-electron chi connectivity index (χ4n) is 4.18. The highest BCUT2D eigenvalue weighted by Gasteiger charge is 2.31. The summed E-state index contributed by atoms with van der Waals surface area (Å²) < 4.78 is 7.46. The lowest BCUT2D eigenvalue weighted by Gasteiger charge is -2.21. The van der Waals surface area contributed by atoms with Crippen LogP contribution in [0.3, 0.4) is 0 Å². The Morgan fingerprint density at radius 3 is 2.97 bits per heavy atom. The molecule has 0 spiro atoms. The molecule has 0 saturated carbocycles. The third kappa shape index (κ3) is 3.47. The monoisotopic (exact) mass is 435 g/mol. The Morgan fingerprint density at radius 1 is 1.31 bits per heavy atom. The number of hydrogen-bond acceptors (Lipinski definition) is 7. The number of nitrogens with zero attached hydrogens (tertiary/aromatic N) is 4. The number of likely N-dealkylation sites (N-methyl/N-ethyl adjacent to an activating group) is 1. The normalized spacial score (nSPS) is 17.8. The van der Waals surface area contributed by atoms with Gasteiger partial charge in [-0.15, -0.1) is 0 Å². The predicted molar refractivity (Wildman–Crippen MR) is 120 cm³/mol. The first kappa shape index (κ1) is 20.1. The van der Waals surface area contributed by atoms with E-state index in [0.29, 0.717) is 42.4 Å². The number of amides is 2. The predicted octanol–water partition coefficient (Wildman–Crippen LogP) is 1.80. The molecule has 2 amide bonds. The number of aromatic nitrogens is 3. The summed E-state index contributed by atoms with van der Waals surface area (Å²) >= 11 is 0. The van der Waals surface area contributed by atoms with E-state index in [4.69, 9.17) is 4.74 Å². The molecule has 1 saturated heterocycles. The first-order chi connectivity index (χ1) is 15.5. The average Bonchev–Trinajstić information content (AvgIpc) is 3.37. The average molecular weight is 435 g/mol. The number of likely N-dealkylation sites (tertiary alicyclic amines) is 1. The van der Waals surface area contributed by atoms with Gasteiger partial charge in [-0.25, -0.2) is 4.98 Å². The number of benzene rings is 1. The molecule has 5 rings (SSSR count). The van der Waals surface area contributed by atoms with Crippen molar-refractivity contribution in [2.24, 2.45) is 0 Å². The first-order valence-electron chi connectivity index (χ1n) is 10.7. The number of carbonyl (C=O) groups is 2. The number of hydrogen-bond donors (Lipinski definition) is 3. The lowest BCUT2D eigenvalue weighted by Crippen LogP contribution is -2.40. The summed E-state index contributed by atoms with van der Waals surface area (Å²) in [6, 6.07) is 7.29. The maximum absolute atomic E-state index is 13.0. The van der Waals surface area contributed by atoms with E-state index in [0.717, 1.165) is 29.8 Å². The molecule has 166 valence electrons. The molecule has 32 heavy (non-hydrogen) atoms. The van der Waals surface area contributed by atoms with Crippen molar-refractivity contribution >= 4 is 34.8 Å². The maximum atomic E-state index is 13.0. The van der Waals surface area contributed by atoms with Crippen LogP contribution < -0.4 is 20.7 Å². The highest BCUT2D eigenvalue weighted by Crippen LogP contribution is 2.35. The van der Waals surface area contributed by atoms with Crippen LogP contribution >= 0.6 is 0 Å². The minimum absolute atomic E-state index is 0.0881. The summed E-state index contributed by atoms with van der Waals surface area (Å²) in [5.41, 5.74) is 2.68. The maximum Gasteiger partial charge on any atom is 0.257 e. The molecule has 10 heteroatoms. The van der Waals surface area contributed by atoms with Crippen LogP contribution in [-0.4, -0.2) is 64.6 Å². The van der Waals surface area contributed by atoms with Gasteiger partial charge in [0.25, 0.3) is 5.91 Å². The van der Waals surface area contributed by atoms with Crippen molar-refractivity contribution in [3.8, 4) is 5.75 Å². The molecule has 2 aliphatic heterocycles. The molecule has 2 aromatic heterocycles. The van der Waals surface area contributed by atoms with Crippen LogP contribution in [-0.2, 0) is 11.2 Å². The summed E-state index contributed by atoms with van der Waals surface area (Å²) in [6.07, 6.45) is 4.03. The highest BCUT2D eigenvalue weighted by molar-refractivity contribution is 6.02. The third-order valence-corrected chi connectivity index (χ3v) is 5.90. The van der Waals surface area contributed by atoms with Crippen LogP contribution in [0.5, 0.6) is 5.75 Å². The van der Waals surface area contributed by atoms with Gasteiger partial charge in [0.05, 0.1) is 18.5 Å². The highest BCUT2D eigenvalue weighted by atomic mass is 16.5. The number of rotatable bonds is 5. The lowest BCUT2D eigenvalue weighted by molar-refractivity contribution is -0.128. The molecule has 1 fully saturated rings. The van der Waals surface area contributed by atoms with Gasteiger partial charge in [-0.1, -0.05) is 12.1 Å². The standard InChI is InChI=1S/C22H25N7O3/c1-23-18-11-17(25-15-7-3-5-13-6-4-10-32-19(13)15)27-20-14(12-24-29(18)20)21(30)26-16-8-9-28(2)22(16)31/h3,5,7,11-12,16,23H,4,6,8-10H2,1-2H3,(H,25,27)(H,26,30)/t16-/m1/s1. The molecule has 4 heterocycles. The molecule has 0 aliphatic carbocycles. The van der Waals surface area contributed by atoms with E-state index >= 15 is 0 Å². The summed E-state index contributed by atoms with van der Waals surface area (Å²) in [4.78, 5) is 31.4. The Labute approximate surface area is 184 Å². The Morgan fingerprint density at radius 2 is 2.19 bits per heavy atom. The molecular formula is C22H25N7O3. The van der Waals surface area contributed by atoms with Crippen molar-refractivity contribution in [3.05, 3.63) is 41.6 Å². The van der Waals surface area contributed by atoms with Crippen molar-refractivity contribution in [2.45, 2.75) is 25.3 Å². The number of anilines is 3. The van der Waals surface area contributed by atoms with Crippen molar-refractivity contribution in [1.82, 2.24) is 24.8 Å². The zero-order valence-corrected chi connectivity index (χ0v) is 18.0. The lowest BCUT2D eigenvalue weighted by atomic mass is 10.1. The minimum Gasteiger partial charge on any atom is -0.491 e. The van der Waals surface area contributed by atoms with Gasteiger partial charge < -0.3 is 25.6 Å². The molecular weight excluding hydrogens is 410 g/mol. The topological polar surface area (TPSA) is 113 Å². The second-order valence-corrected chi connectivity index (χ2v) is 8.02. The molecule has 1 atom stereocenters. The van der Waals surface area contributed by atoms with Crippen molar-refractivity contribution in [1.29, 1.82) is 0 Å². The van der Waals surface area contributed by atoms with Gasteiger partial charge in [-0.2, -0.15) is 9.61 Å². The molecule has 1 aromatic carbocycles. The zero-order valence-electron chi connectivity index (χ0n) is 18.0. The van der Waals surface area contributed by atoms with Crippen LogP contribution in [0.25, 0.3) is 5.65 Å². The largest absolute Gasteiger partial charge is 0.491 e. The molecule has 0 unspecified atom stereocenters.